The van der Waals surface area contributed by atoms with Crippen molar-refractivity contribution in [3.05, 3.63) is 58.7 Å². The number of carbonyl (C=O) groups excluding carboxylic acids is 1. The highest BCUT2D eigenvalue weighted by atomic mass is 16.5. The van der Waals surface area contributed by atoms with Crippen LogP contribution in [0, 0.1) is 5.92 Å². The number of rotatable bonds is 4. The van der Waals surface area contributed by atoms with Crippen molar-refractivity contribution in [3.63, 3.8) is 0 Å². The summed E-state index contributed by atoms with van der Waals surface area (Å²) >= 11 is 0. The third-order valence-electron chi connectivity index (χ3n) is 7.97. The van der Waals surface area contributed by atoms with Gasteiger partial charge in [0.25, 0.3) is 5.91 Å². The quantitative estimate of drug-likeness (QED) is 0.719. The van der Waals surface area contributed by atoms with Crippen LogP contribution in [0.1, 0.15) is 59.3 Å². The average Bonchev–Trinajstić information content (AvgIpc) is 2.98. The van der Waals surface area contributed by atoms with E-state index in [-0.39, 0.29) is 11.9 Å². The number of likely N-dealkylation sites (tertiary alicyclic amines) is 1. The molecule has 2 fully saturated rings. The summed E-state index contributed by atoms with van der Waals surface area (Å²) in [5.41, 5.74) is 5.97. The lowest BCUT2D eigenvalue weighted by Gasteiger charge is -2.39. The monoisotopic (exact) mass is 433 g/mol. The lowest BCUT2D eigenvalue weighted by Crippen LogP contribution is -2.44. The van der Waals surface area contributed by atoms with Crippen LogP contribution in [-0.2, 0) is 6.42 Å². The van der Waals surface area contributed by atoms with Crippen LogP contribution < -0.4 is 9.64 Å². The Bertz CT molecular complexity index is 1010. The Hall–Kier alpha value is -2.53. The van der Waals surface area contributed by atoms with E-state index in [0.717, 1.165) is 45.6 Å². The highest BCUT2D eigenvalue weighted by Gasteiger charge is 2.46. The number of hydrogen-bond donors (Lipinski definition) is 0. The summed E-state index contributed by atoms with van der Waals surface area (Å²) in [6, 6.07) is 13.2. The standard InChI is InChI=1S/C27H35N3O2/c1-5-19-6-9-25(32-4)24(16-19)27(31)30-11-10-21-18(2)26(30)23-17-20(7-8-22(21)23)29-14-12-28(3)13-15-29/h6-9,16-18,21,26H,5,10-15H2,1-4H3/t18-,21?,26?/m0/s1. The maximum Gasteiger partial charge on any atom is 0.258 e. The first kappa shape index (κ1) is 21.3. The zero-order chi connectivity index (χ0) is 22.4. The van der Waals surface area contributed by atoms with Gasteiger partial charge in [0.1, 0.15) is 5.75 Å². The second kappa shape index (κ2) is 8.43. The van der Waals surface area contributed by atoms with Crippen LogP contribution in [0.25, 0.3) is 0 Å². The van der Waals surface area contributed by atoms with Crippen LogP contribution >= 0.6 is 0 Å². The first-order chi connectivity index (χ1) is 15.5. The summed E-state index contributed by atoms with van der Waals surface area (Å²) in [4.78, 5) is 20.8. The number of piperidine rings is 1. The Balaban J connectivity index is 1.49. The van der Waals surface area contributed by atoms with Gasteiger partial charge in [-0.25, -0.2) is 0 Å². The number of benzene rings is 2. The Labute approximate surface area is 191 Å². The molecular weight excluding hydrogens is 398 g/mol. The molecule has 2 heterocycles. The number of ether oxygens (including phenoxy) is 1. The van der Waals surface area contributed by atoms with Gasteiger partial charge in [-0.3, -0.25) is 4.79 Å². The molecule has 0 saturated carbocycles. The molecule has 1 aliphatic carbocycles. The first-order valence-corrected chi connectivity index (χ1v) is 12.1. The van der Waals surface area contributed by atoms with Crippen LogP contribution in [0.2, 0.25) is 0 Å². The molecule has 3 aliphatic rings. The molecule has 1 amide bonds. The van der Waals surface area contributed by atoms with Gasteiger partial charge in [-0.1, -0.05) is 26.0 Å². The zero-order valence-corrected chi connectivity index (χ0v) is 19.8. The molecule has 0 radical (unpaired) electrons. The van der Waals surface area contributed by atoms with Crippen molar-refractivity contribution >= 4 is 11.6 Å². The number of carbonyl (C=O) groups is 1. The van der Waals surface area contributed by atoms with Gasteiger partial charge in [0.2, 0.25) is 0 Å². The molecule has 2 aliphatic heterocycles. The van der Waals surface area contributed by atoms with E-state index in [0.29, 0.717) is 23.1 Å². The number of methoxy groups -OCH3 is 1. The largest absolute Gasteiger partial charge is 0.496 e. The normalized spacial score (nSPS) is 25.1. The molecule has 2 bridgehead atoms. The summed E-state index contributed by atoms with van der Waals surface area (Å²) in [5.74, 6) is 1.76. The van der Waals surface area contributed by atoms with E-state index in [4.69, 9.17) is 4.74 Å². The molecule has 5 nitrogen and oxygen atoms in total. The van der Waals surface area contributed by atoms with E-state index in [9.17, 15) is 4.79 Å². The lowest BCUT2D eigenvalue weighted by molar-refractivity contribution is 0.0520. The van der Waals surface area contributed by atoms with Crippen LogP contribution in [0.3, 0.4) is 0 Å². The number of fused-ring (bicyclic) bond motifs is 5. The van der Waals surface area contributed by atoms with E-state index < -0.39 is 0 Å². The second-order valence-corrected chi connectivity index (χ2v) is 9.69. The molecule has 170 valence electrons. The van der Waals surface area contributed by atoms with Crippen molar-refractivity contribution < 1.29 is 9.53 Å². The lowest BCUT2D eigenvalue weighted by atomic mass is 9.85. The highest BCUT2D eigenvalue weighted by Crippen LogP contribution is 2.54. The van der Waals surface area contributed by atoms with Crippen LogP contribution in [0.15, 0.2) is 36.4 Å². The van der Waals surface area contributed by atoms with Crippen molar-refractivity contribution in [1.82, 2.24) is 9.80 Å². The summed E-state index contributed by atoms with van der Waals surface area (Å²) in [6.45, 7) is 9.55. The maximum atomic E-state index is 13.8. The predicted molar refractivity (Wildman–Crippen MR) is 129 cm³/mol. The van der Waals surface area contributed by atoms with Crippen LogP contribution in [-0.4, -0.2) is 62.6 Å². The Kier molecular flexibility index (Phi) is 5.62. The van der Waals surface area contributed by atoms with Gasteiger partial charge in [0, 0.05) is 38.4 Å². The number of nitrogens with zero attached hydrogens (tertiary/aromatic N) is 3. The topological polar surface area (TPSA) is 36.0 Å². The summed E-state index contributed by atoms with van der Waals surface area (Å²) in [5, 5.41) is 0. The minimum atomic E-state index is 0.102. The van der Waals surface area contributed by atoms with E-state index >= 15 is 0 Å². The third kappa shape index (κ3) is 3.47. The fourth-order valence-electron chi connectivity index (χ4n) is 6.02. The molecule has 5 heteroatoms. The number of likely N-dealkylation sites (N-methyl/N-ethyl adjacent to an activating group) is 1. The van der Waals surface area contributed by atoms with E-state index in [2.05, 4.69) is 59.9 Å². The molecule has 2 aromatic rings. The van der Waals surface area contributed by atoms with Gasteiger partial charge in [-0.15, -0.1) is 0 Å². The van der Waals surface area contributed by atoms with Gasteiger partial charge in [0.05, 0.1) is 18.7 Å². The van der Waals surface area contributed by atoms with E-state index in [1.54, 1.807) is 7.11 Å². The Morgan fingerprint density at radius 1 is 1.03 bits per heavy atom. The van der Waals surface area contributed by atoms with Crippen molar-refractivity contribution in [2.24, 2.45) is 5.92 Å². The number of hydrogen-bond acceptors (Lipinski definition) is 4. The number of anilines is 1. The zero-order valence-electron chi connectivity index (χ0n) is 19.8. The average molecular weight is 434 g/mol. The number of amides is 1. The molecular formula is C27H35N3O2. The molecule has 0 N–H and O–H groups in total. The van der Waals surface area contributed by atoms with Gasteiger partial charge >= 0.3 is 0 Å². The molecule has 0 aromatic heterocycles. The minimum absolute atomic E-state index is 0.102. The van der Waals surface area contributed by atoms with Gasteiger partial charge in [0.15, 0.2) is 0 Å². The third-order valence-corrected chi connectivity index (χ3v) is 7.97. The summed E-state index contributed by atoms with van der Waals surface area (Å²) in [7, 11) is 3.84. The molecule has 32 heavy (non-hydrogen) atoms. The highest BCUT2D eigenvalue weighted by molar-refractivity contribution is 5.97. The van der Waals surface area contributed by atoms with Crippen LogP contribution in [0.4, 0.5) is 5.69 Å². The summed E-state index contributed by atoms with van der Waals surface area (Å²) in [6.07, 6.45) is 1.93. The van der Waals surface area contributed by atoms with E-state index in [1.165, 1.54) is 22.4 Å². The maximum absolute atomic E-state index is 13.8. The Morgan fingerprint density at radius 3 is 2.53 bits per heavy atom. The summed E-state index contributed by atoms with van der Waals surface area (Å²) < 4.78 is 5.58. The molecule has 0 spiro atoms. The Morgan fingerprint density at radius 2 is 1.81 bits per heavy atom. The second-order valence-electron chi connectivity index (χ2n) is 9.69. The first-order valence-electron chi connectivity index (χ1n) is 12.1. The fraction of sp³-hybridized carbons (Fsp3) is 0.519. The van der Waals surface area contributed by atoms with Gasteiger partial charge in [-0.05, 0) is 72.7 Å². The number of piperazine rings is 1. The minimum Gasteiger partial charge on any atom is -0.496 e. The molecule has 3 atom stereocenters. The van der Waals surface area contributed by atoms with Crippen molar-refractivity contribution in [1.29, 1.82) is 0 Å². The molecule has 2 aromatic carbocycles. The molecule has 2 saturated heterocycles. The van der Waals surface area contributed by atoms with Crippen molar-refractivity contribution in [2.45, 2.75) is 38.6 Å². The molecule has 5 rings (SSSR count). The van der Waals surface area contributed by atoms with Crippen molar-refractivity contribution in [3.8, 4) is 5.75 Å². The number of aryl methyl sites for hydroxylation is 1. The van der Waals surface area contributed by atoms with Gasteiger partial charge < -0.3 is 19.4 Å². The van der Waals surface area contributed by atoms with Crippen LogP contribution in [0.5, 0.6) is 5.75 Å². The smallest absolute Gasteiger partial charge is 0.258 e. The van der Waals surface area contributed by atoms with E-state index in [1.807, 2.05) is 12.1 Å². The fourth-order valence-corrected chi connectivity index (χ4v) is 6.02. The SMILES string of the molecule is CCc1ccc(OC)c(C(=O)N2CCC3c4ccc(N5CCN(C)CC5)cc4C2[C@H]3C)c1. The molecule has 2 unspecified atom stereocenters. The van der Waals surface area contributed by atoms with Gasteiger partial charge in [-0.2, -0.15) is 0 Å². The van der Waals surface area contributed by atoms with Crippen molar-refractivity contribution in [2.75, 3.05) is 51.8 Å². The predicted octanol–water partition coefficient (Wildman–Crippen LogP) is 4.33.